The van der Waals surface area contributed by atoms with Crippen LogP contribution in [0, 0.1) is 0 Å². The van der Waals surface area contributed by atoms with Gasteiger partial charge in [0, 0.05) is 66.9 Å². The Morgan fingerprint density at radius 2 is 1.56 bits per heavy atom. The van der Waals surface area contributed by atoms with Gasteiger partial charge in [0.05, 0.1) is 21.3 Å². The van der Waals surface area contributed by atoms with Gasteiger partial charge in [-0.25, -0.2) is 0 Å². The highest BCUT2D eigenvalue weighted by Gasteiger charge is 2.24. The summed E-state index contributed by atoms with van der Waals surface area (Å²) in [5, 5.41) is 4.21. The van der Waals surface area contributed by atoms with E-state index in [0.717, 1.165) is 39.0 Å². The van der Waals surface area contributed by atoms with Crippen LogP contribution in [0.3, 0.4) is 0 Å². The van der Waals surface area contributed by atoms with Gasteiger partial charge in [-0.15, -0.1) is 0 Å². The van der Waals surface area contributed by atoms with Crippen LogP contribution in [0.5, 0.6) is 17.2 Å². The van der Waals surface area contributed by atoms with Crippen LogP contribution >= 0.6 is 0 Å². The third kappa shape index (κ3) is 6.69. The first-order chi connectivity index (χ1) is 20.1. The van der Waals surface area contributed by atoms with Crippen molar-refractivity contribution in [3.05, 3.63) is 120 Å². The van der Waals surface area contributed by atoms with Crippen molar-refractivity contribution >= 4 is 16.8 Å². The Balaban J connectivity index is 1.49. The second-order valence-corrected chi connectivity index (χ2v) is 9.90. The molecule has 0 spiro atoms. The van der Waals surface area contributed by atoms with Crippen LogP contribution in [-0.2, 0) is 17.8 Å². The van der Waals surface area contributed by atoms with E-state index in [-0.39, 0.29) is 18.2 Å². The third-order valence-corrected chi connectivity index (χ3v) is 7.30. The summed E-state index contributed by atoms with van der Waals surface area (Å²) < 4.78 is 18.8. The Labute approximate surface area is 240 Å². The number of rotatable bonds is 12. The van der Waals surface area contributed by atoms with Gasteiger partial charge in [0.25, 0.3) is 0 Å². The third-order valence-electron chi connectivity index (χ3n) is 7.30. The molecule has 0 aliphatic heterocycles. The zero-order valence-electron chi connectivity index (χ0n) is 23.7. The lowest BCUT2D eigenvalue weighted by Crippen LogP contribution is -2.27. The molecule has 7 heteroatoms. The first-order valence-electron chi connectivity index (χ1n) is 13.7. The summed E-state index contributed by atoms with van der Waals surface area (Å²) in [6.07, 6.45) is 4.89. The summed E-state index contributed by atoms with van der Waals surface area (Å²) in [7, 11) is 4.94. The lowest BCUT2D eigenvalue weighted by molar-refractivity contribution is -0.121. The van der Waals surface area contributed by atoms with E-state index in [2.05, 4.69) is 45.3 Å². The Morgan fingerprint density at radius 3 is 2.24 bits per heavy atom. The molecule has 3 aromatic carbocycles. The number of aromatic nitrogens is 2. The Morgan fingerprint density at radius 1 is 0.854 bits per heavy atom. The molecule has 41 heavy (non-hydrogen) atoms. The predicted octanol–water partition coefficient (Wildman–Crippen LogP) is 5.99. The average Bonchev–Trinajstić information content (AvgIpc) is 3.38. The maximum atomic E-state index is 13.4. The van der Waals surface area contributed by atoms with E-state index < -0.39 is 0 Å². The number of nitrogens with one attached hydrogen (secondary N) is 1. The number of carbonyl (C=O) groups excluding carboxylic acids is 1. The summed E-state index contributed by atoms with van der Waals surface area (Å²) in [5.74, 6) is 1.94. The van der Waals surface area contributed by atoms with Gasteiger partial charge in [0.2, 0.25) is 5.91 Å². The van der Waals surface area contributed by atoms with Crippen LogP contribution in [0.25, 0.3) is 10.9 Å². The van der Waals surface area contributed by atoms with Gasteiger partial charge in [-0.1, -0.05) is 36.4 Å². The minimum atomic E-state index is -0.226. The number of nitrogens with zero attached hydrogens (tertiary/aromatic N) is 2. The molecular weight excluding hydrogens is 514 g/mol. The minimum absolute atomic E-state index is 0.0281. The van der Waals surface area contributed by atoms with Gasteiger partial charge < -0.3 is 24.1 Å². The largest absolute Gasteiger partial charge is 0.497 e. The van der Waals surface area contributed by atoms with Gasteiger partial charge in [-0.2, -0.15) is 0 Å². The number of amides is 1. The van der Waals surface area contributed by atoms with Gasteiger partial charge in [-0.05, 0) is 59.2 Å². The maximum Gasteiger partial charge on any atom is 0.220 e. The van der Waals surface area contributed by atoms with Gasteiger partial charge in [0.1, 0.15) is 17.2 Å². The van der Waals surface area contributed by atoms with Crippen molar-refractivity contribution in [2.75, 3.05) is 27.9 Å². The molecule has 0 saturated heterocycles. The fourth-order valence-corrected chi connectivity index (χ4v) is 5.18. The van der Waals surface area contributed by atoms with Crippen molar-refractivity contribution in [2.24, 2.45) is 0 Å². The Kier molecular flexibility index (Phi) is 8.84. The number of pyridine rings is 1. The minimum Gasteiger partial charge on any atom is -0.497 e. The monoisotopic (exact) mass is 549 g/mol. The molecule has 5 rings (SSSR count). The molecule has 210 valence electrons. The molecule has 0 bridgehead atoms. The summed E-state index contributed by atoms with van der Waals surface area (Å²) in [6, 6.07) is 28.1. The molecule has 0 radical (unpaired) electrons. The van der Waals surface area contributed by atoms with Gasteiger partial charge in [-0.3, -0.25) is 9.78 Å². The molecule has 1 amide bonds. The molecule has 0 fully saturated rings. The predicted molar refractivity (Wildman–Crippen MR) is 161 cm³/mol. The van der Waals surface area contributed by atoms with E-state index in [9.17, 15) is 4.79 Å². The van der Waals surface area contributed by atoms with Crippen LogP contribution < -0.4 is 19.5 Å². The number of benzene rings is 3. The highest BCUT2D eigenvalue weighted by atomic mass is 16.5. The fourth-order valence-electron chi connectivity index (χ4n) is 5.18. The van der Waals surface area contributed by atoms with Crippen LogP contribution in [-0.4, -0.2) is 43.3 Å². The number of hydrogen-bond acceptors (Lipinski definition) is 5. The standard InChI is InChI=1S/C34H35N3O4/c1-39-27-13-11-24(12-14-27)22-37-23-32(30-9-4-5-10-33(30)37)31(25-18-28(40-2)20-29(19-25)41-3)21-34(38)36-17-15-26-8-6-7-16-35-26/h4-14,16,18-20,23,31H,15,17,21-22H2,1-3H3,(H,36,38)/t31-/m1/s1. The first-order valence-corrected chi connectivity index (χ1v) is 13.7. The number of ether oxygens (including phenoxy) is 3. The zero-order valence-corrected chi connectivity index (χ0v) is 23.7. The summed E-state index contributed by atoms with van der Waals surface area (Å²) in [6.45, 7) is 1.21. The summed E-state index contributed by atoms with van der Waals surface area (Å²) in [5.41, 5.74) is 5.24. The van der Waals surface area contributed by atoms with Crippen molar-refractivity contribution in [1.29, 1.82) is 0 Å². The molecule has 0 aliphatic carbocycles. The number of methoxy groups -OCH3 is 3. The second-order valence-electron chi connectivity index (χ2n) is 9.90. The SMILES string of the molecule is COc1ccc(Cn2cc([C@H](CC(=O)NCCc3ccccn3)c3cc(OC)cc(OC)c3)c3ccccc32)cc1. The number of fused-ring (bicyclic) bond motifs is 1. The number of hydrogen-bond donors (Lipinski definition) is 1. The fraction of sp³-hybridized carbons (Fsp3) is 0.235. The molecule has 5 aromatic rings. The molecule has 0 saturated carbocycles. The Bertz CT molecular complexity index is 1570. The second kappa shape index (κ2) is 13.0. The van der Waals surface area contributed by atoms with E-state index in [1.807, 2.05) is 60.7 Å². The topological polar surface area (TPSA) is 74.6 Å². The smallest absolute Gasteiger partial charge is 0.220 e. The van der Waals surface area contributed by atoms with Crippen molar-refractivity contribution in [3.63, 3.8) is 0 Å². The molecule has 0 aliphatic rings. The van der Waals surface area contributed by atoms with E-state index >= 15 is 0 Å². The number of carbonyl (C=O) groups is 1. The van der Waals surface area contributed by atoms with Crippen LogP contribution in [0.4, 0.5) is 0 Å². The quantitative estimate of drug-likeness (QED) is 0.207. The first kappa shape index (κ1) is 27.8. The molecule has 1 atom stereocenters. The highest BCUT2D eigenvalue weighted by molar-refractivity contribution is 5.87. The normalized spacial score (nSPS) is 11.7. The van der Waals surface area contributed by atoms with E-state index in [1.165, 1.54) is 0 Å². The van der Waals surface area contributed by atoms with Gasteiger partial charge >= 0.3 is 0 Å². The van der Waals surface area contributed by atoms with Crippen molar-refractivity contribution < 1.29 is 19.0 Å². The molecule has 7 nitrogen and oxygen atoms in total. The lowest BCUT2D eigenvalue weighted by Gasteiger charge is -2.19. The van der Waals surface area contributed by atoms with E-state index in [0.29, 0.717) is 31.0 Å². The summed E-state index contributed by atoms with van der Waals surface area (Å²) >= 11 is 0. The maximum absolute atomic E-state index is 13.4. The number of para-hydroxylation sites is 1. The molecule has 0 unspecified atom stereocenters. The zero-order chi connectivity index (χ0) is 28.6. The lowest BCUT2D eigenvalue weighted by atomic mass is 9.87. The summed E-state index contributed by atoms with van der Waals surface area (Å²) in [4.78, 5) is 17.7. The van der Waals surface area contributed by atoms with E-state index in [1.54, 1.807) is 27.5 Å². The van der Waals surface area contributed by atoms with Crippen molar-refractivity contribution in [1.82, 2.24) is 14.9 Å². The molecular formula is C34H35N3O4. The van der Waals surface area contributed by atoms with Crippen molar-refractivity contribution in [3.8, 4) is 17.2 Å². The molecule has 2 aromatic heterocycles. The highest BCUT2D eigenvalue weighted by Crippen LogP contribution is 2.38. The van der Waals surface area contributed by atoms with Crippen LogP contribution in [0.2, 0.25) is 0 Å². The van der Waals surface area contributed by atoms with Crippen LogP contribution in [0.15, 0.2) is 97.3 Å². The van der Waals surface area contributed by atoms with Crippen LogP contribution in [0.1, 0.15) is 34.7 Å². The Hall–Kier alpha value is -4.78. The van der Waals surface area contributed by atoms with Gasteiger partial charge in [0.15, 0.2) is 0 Å². The molecule has 2 heterocycles. The average molecular weight is 550 g/mol. The van der Waals surface area contributed by atoms with Crippen molar-refractivity contribution in [2.45, 2.75) is 25.3 Å². The molecule has 1 N–H and O–H groups in total. The van der Waals surface area contributed by atoms with E-state index in [4.69, 9.17) is 14.2 Å².